The Morgan fingerprint density at radius 1 is 1.36 bits per heavy atom. The molecule has 2 nitrogen and oxygen atoms in total. The lowest BCUT2D eigenvalue weighted by molar-refractivity contribution is -0.140. The van der Waals surface area contributed by atoms with Gasteiger partial charge in [0.25, 0.3) is 0 Å². The van der Waals surface area contributed by atoms with E-state index in [1.165, 1.54) is 0 Å². The van der Waals surface area contributed by atoms with Crippen molar-refractivity contribution in [3.05, 3.63) is 12.7 Å². The summed E-state index contributed by atoms with van der Waals surface area (Å²) in [4.78, 5) is 10.4. The molecular weight excluding hydrogens is 204 g/mol. The standard InChI is InChI=1S/C8H10F4O2/c1-2-7(13)14-4-6(11)8(12)5(10)3-9/h2,5-6,8H,1,3-4H2. The van der Waals surface area contributed by atoms with Crippen molar-refractivity contribution in [1.29, 1.82) is 0 Å². The van der Waals surface area contributed by atoms with Crippen molar-refractivity contribution in [2.75, 3.05) is 13.3 Å². The molecule has 6 heteroatoms. The highest BCUT2D eigenvalue weighted by molar-refractivity contribution is 5.81. The zero-order valence-electron chi connectivity index (χ0n) is 7.26. The van der Waals surface area contributed by atoms with Gasteiger partial charge in [0.2, 0.25) is 0 Å². The minimum atomic E-state index is -2.63. The van der Waals surface area contributed by atoms with Gasteiger partial charge >= 0.3 is 5.97 Å². The summed E-state index contributed by atoms with van der Waals surface area (Å²) >= 11 is 0. The third-order valence-electron chi connectivity index (χ3n) is 1.39. The fraction of sp³-hybridized carbons (Fsp3) is 0.625. The van der Waals surface area contributed by atoms with Crippen LogP contribution in [0.4, 0.5) is 17.6 Å². The average Bonchev–Trinajstić information content (AvgIpc) is 2.22. The summed E-state index contributed by atoms with van der Waals surface area (Å²) in [6, 6.07) is 0. The number of esters is 1. The van der Waals surface area contributed by atoms with E-state index in [0.29, 0.717) is 0 Å². The molecule has 0 aliphatic rings. The van der Waals surface area contributed by atoms with Crippen molar-refractivity contribution in [1.82, 2.24) is 0 Å². The Labute approximate surface area is 78.5 Å². The Bertz CT molecular complexity index is 198. The van der Waals surface area contributed by atoms with Crippen LogP contribution in [0, 0.1) is 0 Å². The molecule has 82 valence electrons. The Morgan fingerprint density at radius 3 is 2.36 bits per heavy atom. The number of carbonyl (C=O) groups is 1. The summed E-state index contributed by atoms with van der Waals surface area (Å²) in [7, 11) is 0. The van der Waals surface area contributed by atoms with Gasteiger partial charge in [0, 0.05) is 6.08 Å². The highest BCUT2D eigenvalue weighted by atomic mass is 19.2. The maximum atomic E-state index is 12.6. The molecule has 0 saturated carbocycles. The molecule has 0 amide bonds. The first kappa shape index (κ1) is 12.9. The first-order chi connectivity index (χ1) is 6.52. The third kappa shape index (κ3) is 4.25. The van der Waals surface area contributed by atoms with Gasteiger partial charge in [0.1, 0.15) is 13.3 Å². The van der Waals surface area contributed by atoms with Crippen LogP contribution in [0.25, 0.3) is 0 Å². The molecule has 0 bridgehead atoms. The number of carbonyl (C=O) groups excluding carboxylic acids is 1. The van der Waals surface area contributed by atoms with E-state index in [-0.39, 0.29) is 0 Å². The van der Waals surface area contributed by atoms with Crippen molar-refractivity contribution in [3.8, 4) is 0 Å². The number of hydrogen-bond donors (Lipinski definition) is 0. The van der Waals surface area contributed by atoms with Gasteiger partial charge in [-0.05, 0) is 0 Å². The van der Waals surface area contributed by atoms with E-state index in [9.17, 15) is 22.4 Å². The molecular formula is C8H10F4O2. The van der Waals surface area contributed by atoms with Crippen molar-refractivity contribution in [2.45, 2.75) is 18.5 Å². The summed E-state index contributed by atoms with van der Waals surface area (Å²) in [5.41, 5.74) is 0. The maximum absolute atomic E-state index is 12.6. The summed E-state index contributed by atoms with van der Waals surface area (Å²) in [5.74, 6) is -0.949. The van der Waals surface area contributed by atoms with Gasteiger partial charge < -0.3 is 4.74 Å². The number of hydrogen-bond acceptors (Lipinski definition) is 2. The van der Waals surface area contributed by atoms with Gasteiger partial charge in [0.15, 0.2) is 18.5 Å². The minimum Gasteiger partial charge on any atom is -0.459 e. The van der Waals surface area contributed by atoms with E-state index >= 15 is 0 Å². The minimum absolute atomic E-state index is 0.752. The lowest BCUT2D eigenvalue weighted by Crippen LogP contribution is -2.33. The summed E-state index contributed by atoms with van der Waals surface area (Å²) in [6.07, 6.45) is -6.78. The molecule has 0 spiro atoms. The van der Waals surface area contributed by atoms with Crippen LogP contribution in [0.5, 0.6) is 0 Å². The Kier molecular flexibility index (Phi) is 5.91. The fourth-order valence-corrected chi connectivity index (χ4v) is 0.624. The second-order valence-electron chi connectivity index (χ2n) is 2.46. The average molecular weight is 214 g/mol. The molecule has 0 N–H and O–H groups in total. The van der Waals surface area contributed by atoms with E-state index in [1.54, 1.807) is 0 Å². The molecule has 3 atom stereocenters. The van der Waals surface area contributed by atoms with Crippen LogP contribution >= 0.6 is 0 Å². The number of ether oxygens (including phenoxy) is 1. The second kappa shape index (κ2) is 6.39. The molecule has 0 fully saturated rings. The van der Waals surface area contributed by atoms with Crippen molar-refractivity contribution >= 4 is 5.97 Å². The van der Waals surface area contributed by atoms with Crippen LogP contribution in [0.15, 0.2) is 12.7 Å². The smallest absolute Gasteiger partial charge is 0.330 e. The van der Waals surface area contributed by atoms with E-state index in [4.69, 9.17) is 0 Å². The SMILES string of the molecule is C=CC(=O)OCC(F)C(F)C(F)CF. The van der Waals surface area contributed by atoms with E-state index in [1.807, 2.05) is 0 Å². The first-order valence-electron chi connectivity index (χ1n) is 3.80. The highest BCUT2D eigenvalue weighted by Crippen LogP contribution is 2.13. The predicted octanol–water partition coefficient (Wildman–Crippen LogP) is 1.70. The van der Waals surface area contributed by atoms with Crippen molar-refractivity contribution in [3.63, 3.8) is 0 Å². The molecule has 3 unspecified atom stereocenters. The number of alkyl halides is 4. The van der Waals surface area contributed by atoms with Crippen molar-refractivity contribution in [2.24, 2.45) is 0 Å². The van der Waals surface area contributed by atoms with Gasteiger partial charge in [0.05, 0.1) is 0 Å². The van der Waals surface area contributed by atoms with Gasteiger partial charge in [-0.1, -0.05) is 6.58 Å². The fourth-order valence-electron chi connectivity index (χ4n) is 0.624. The second-order valence-corrected chi connectivity index (χ2v) is 2.46. The largest absolute Gasteiger partial charge is 0.459 e. The zero-order chi connectivity index (χ0) is 11.1. The van der Waals surface area contributed by atoms with Gasteiger partial charge in [-0.3, -0.25) is 0 Å². The number of rotatable bonds is 6. The van der Waals surface area contributed by atoms with Gasteiger partial charge in [-0.2, -0.15) is 0 Å². The van der Waals surface area contributed by atoms with Crippen LogP contribution < -0.4 is 0 Å². The van der Waals surface area contributed by atoms with Gasteiger partial charge in [-0.15, -0.1) is 0 Å². The zero-order valence-corrected chi connectivity index (χ0v) is 7.26. The summed E-state index contributed by atoms with van der Waals surface area (Å²) in [6.45, 7) is 0.444. The predicted molar refractivity (Wildman–Crippen MR) is 41.8 cm³/mol. The lowest BCUT2D eigenvalue weighted by atomic mass is 10.2. The highest BCUT2D eigenvalue weighted by Gasteiger charge is 2.30. The van der Waals surface area contributed by atoms with Crippen LogP contribution in [-0.2, 0) is 9.53 Å². The number of halogens is 4. The molecule has 14 heavy (non-hydrogen) atoms. The first-order valence-corrected chi connectivity index (χ1v) is 3.80. The molecule has 0 aromatic heterocycles. The van der Waals surface area contributed by atoms with Crippen LogP contribution in [-0.4, -0.2) is 37.8 Å². The van der Waals surface area contributed by atoms with Crippen molar-refractivity contribution < 1.29 is 27.1 Å². The molecule has 0 radical (unpaired) electrons. The Balaban J connectivity index is 3.88. The summed E-state index contributed by atoms with van der Waals surface area (Å²) in [5, 5.41) is 0. The molecule has 0 rings (SSSR count). The molecule has 0 aromatic carbocycles. The van der Waals surface area contributed by atoms with E-state index in [0.717, 1.165) is 6.08 Å². The quantitative estimate of drug-likeness (QED) is 0.382. The van der Waals surface area contributed by atoms with E-state index in [2.05, 4.69) is 11.3 Å². The van der Waals surface area contributed by atoms with Crippen LogP contribution in [0.3, 0.4) is 0 Å². The molecule has 0 aromatic rings. The van der Waals surface area contributed by atoms with Crippen LogP contribution in [0.1, 0.15) is 0 Å². The topological polar surface area (TPSA) is 26.3 Å². The van der Waals surface area contributed by atoms with Crippen LogP contribution in [0.2, 0.25) is 0 Å². The normalized spacial score (nSPS) is 16.9. The van der Waals surface area contributed by atoms with Gasteiger partial charge in [-0.25, -0.2) is 22.4 Å². The summed E-state index contributed by atoms with van der Waals surface area (Å²) < 4.78 is 53.1. The van der Waals surface area contributed by atoms with E-state index < -0.39 is 37.8 Å². The molecule has 0 heterocycles. The maximum Gasteiger partial charge on any atom is 0.330 e. The molecule has 0 aliphatic heterocycles. The monoisotopic (exact) mass is 214 g/mol. The Morgan fingerprint density at radius 2 is 1.93 bits per heavy atom. The third-order valence-corrected chi connectivity index (χ3v) is 1.39. The molecule has 0 aliphatic carbocycles. The lowest BCUT2D eigenvalue weighted by Gasteiger charge is -2.14. The molecule has 0 saturated heterocycles. The Hall–Kier alpha value is -1.07.